The van der Waals surface area contributed by atoms with Gasteiger partial charge in [0.05, 0.1) is 6.61 Å². The number of ether oxygens (including phenoxy) is 3. The predicted octanol–water partition coefficient (Wildman–Crippen LogP) is 2.28. The fourth-order valence-corrected chi connectivity index (χ4v) is 3.20. The number of nitrogens with zero attached hydrogens (tertiary/aromatic N) is 2. The molecule has 0 aliphatic carbocycles. The summed E-state index contributed by atoms with van der Waals surface area (Å²) in [5.41, 5.74) is 1.17. The van der Waals surface area contributed by atoms with Gasteiger partial charge in [0.25, 0.3) is 0 Å². The van der Waals surface area contributed by atoms with Crippen molar-refractivity contribution in [3.05, 3.63) is 24.3 Å². The largest absolute Gasteiger partial charge is 0.491 e. The van der Waals surface area contributed by atoms with Gasteiger partial charge in [-0.25, -0.2) is 0 Å². The fourth-order valence-electron chi connectivity index (χ4n) is 3.20. The van der Waals surface area contributed by atoms with Gasteiger partial charge in [0, 0.05) is 38.8 Å². The first-order chi connectivity index (χ1) is 12.2. The lowest BCUT2D eigenvalue weighted by Crippen LogP contribution is -2.48. The molecule has 1 aromatic rings. The van der Waals surface area contributed by atoms with Crippen LogP contribution in [0.5, 0.6) is 5.75 Å². The number of hydrogen-bond donors (Lipinski definition) is 0. The standard InChI is InChI=1S/C19H28N2O4/c1-3-4-19-24-14-18(25-19)13-23-17-7-5-16(6-8-17)21-11-9-20(10-12-21)15(2)22/h5-8,18-19H,3-4,9-14H2,1-2H3. The van der Waals surface area contributed by atoms with E-state index in [4.69, 9.17) is 14.2 Å². The van der Waals surface area contributed by atoms with Crippen LogP contribution in [0.25, 0.3) is 0 Å². The Morgan fingerprint density at radius 3 is 2.56 bits per heavy atom. The normalized spacial score (nSPS) is 23.8. The van der Waals surface area contributed by atoms with Gasteiger partial charge in [-0.05, 0) is 30.7 Å². The van der Waals surface area contributed by atoms with Crippen LogP contribution in [-0.2, 0) is 14.3 Å². The highest BCUT2D eigenvalue weighted by Gasteiger charge is 2.25. The van der Waals surface area contributed by atoms with Gasteiger partial charge in [-0.1, -0.05) is 13.3 Å². The van der Waals surface area contributed by atoms with Crippen molar-refractivity contribution in [3.63, 3.8) is 0 Å². The van der Waals surface area contributed by atoms with E-state index in [-0.39, 0.29) is 18.3 Å². The van der Waals surface area contributed by atoms with Crippen molar-refractivity contribution < 1.29 is 19.0 Å². The highest BCUT2D eigenvalue weighted by Crippen LogP contribution is 2.22. The summed E-state index contributed by atoms with van der Waals surface area (Å²) < 4.78 is 17.2. The van der Waals surface area contributed by atoms with Crippen LogP contribution in [0.4, 0.5) is 5.69 Å². The quantitative estimate of drug-likeness (QED) is 0.789. The number of anilines is 1. The first-order valence-corrected chi connectivity index (χ1v) is 9.16. The summed E-state index contributed by atoms with van der Waals surface area (Å²) in [4.78, 5) is 15.6. The Hall–Kier alpha value is -1.79. The average molecular weight is 348 g/mol. The Bertz CT molecular complexity index is 555. The lowest BCUT2D eigenvalue weighted by atomic mass is 10.2. The number of hydrogen-bond acceptors (Lipinski definition) is 5. The van der Waals surface area contributed by atoms with Gasteiger partial charge < -0.3 is 24.0 Å². The van der Waals surface area contributed by atoms with Gasteiger partial charge in [0.2, 0.25) is 5.91 Å². The molecule has 6 heteroatoms. The van der Waals surface area contributed by atoms with Gasteiger partial charge in [-0.3, -0.25) is 4.79 Å². The molecule has 2 aliphatic rings. The highest BCUT2D eigenvalue weighted by molar-refractivity contribution is 5.73. The van der Waals surface area contributed by atoms with E-state index >= 15 is 0 Å². The predicted molar refractivity (Wildman–Crippen MR) is 95.9 cm³/mol. The molecule has 0 radical (unpaired) electrons. The molecule has 25 heavy (non-hydrogen) atoms. The second kappa shape index (κ2) is 8.54. The van der Waals surface area contributed by atoms with E-state index in [0.29, 0.717) is 13.2 Å². The van der Waals surface area contributed by atoms with Crippen molar-refractivity contribution in [3.8, 4) is 5.75 Å². The van der Waals surface area contributed by atoms with Gasteiger partial charge in [0.1, 0.15) is 18.5 Å². The molecule has 2 saturated heterocycles. The van der Waals surface area contributed by atoms with E-state index in [1.807, 2.05) is 17.0 Å². The summed E-state index contributed by atoms with van der Waals surface area (Å²) >= 11 is 0. The zero-order chi connectivity index (χ0) is 17.6. The Morgan fingerprint density at radius 2 is 1.92 bits per heavy atom. The average Bonchev–Trinajstić information content (AvgIpc) is 3.08. The van der Waals surface area contributed by atoms with Crippen molar-refractivity contribution in [2.45, 2.75) is 39.1 Å². The van der Waals surface area contributed by atoms with E-state index in [9.17, 15) is 4.79 Å². The second-order valence-corrected chi connectivity index (χ2v) is 6.61. The maximum atomic E-state index is 11.4. The highest BCUT2D eigenvalue weighted by atomic mass is 16.7. The summed E-state index contributed by atoms with van der Waals surface area (Å²) in [6.07, 6.45) is 1.92. The van der Waals surface area contributed by atoms with Crippen LogP contribution in [0.2, 0.25) is 0 Å². The van der Waals surface area contributed by atoms with Crippen molar-refractivity contribution in [1.82, 2.24) is 4.90 Å². The number of benzene rings is 1. The lowest BCUT2D eigenvalue weighted by Gasteiger charge is -2.35. The Morgan fingerprint density at radius 1 is 1.20 bits per heavy atom. The van der Waals surface area contributed by atoms with Crippen molar-refractivity contribution >= 4 is 11.6 Å². The van der Waals surface area contributed by atoms with E-state index in [1.165, 1.54) is 5.69 Å². The van der Waals surface area contributed by atoms with Crippen LogP contribution in [0, 0.1) is 0 Å². The van der Waals surface area contributed by atoms with Crippen molar-refractivity contribution in [1.29, 1.82) is 0 Å². The molecule has 2 heterocycles. The van der Waals surface area contributed by atoms with Crippen molar-refractivity contribution in [2.24, 2.45) is 0 Å². The summed E-state index contributed by atoms with van der Waals surface area (Å²) in [7, 11) is 0. The van der Waals surface area contributed by atoms with Crippen LogP contribution >= 0.6 is 0 Å². The van der Waals surface area contributed by atoms with Gasteiger partial charge in [-0.15, -0.1) is 0 Å². The van der Waals surface area contributed by atoms with Crippen LogP contribution < -0.4 is 9.64 Å². The zero-order valence-corrected chi connectivity index (χ0v) is 15.1. The molecule has 2 aliphatic heterocycles. The van der Waals surface area contributed by atoms with Gasteiger partial charge >= 0.3 is 0 Å². The van der Waals surface area contributed by atoms with Crippen LogP contribution in [0.3, 0.4) is 0 Å². The van der Waals surface area contributed by atoms with Crippen LogP contribution in [0.1, 0.15) is 26.7 Å². The molecule has 2 atom stereocenters. The first-order valence-electron chi connectivity index (χ1n) is 9.16. The molecule has 1 amide bonds. The summed E-state index contributed by atoms with van der Waals surface area (Å²) in [6.45, 7) is 8.16. The molecular weight excluding hydrogens is 320 g/mol. The molecule has 138 valence electrons. The fraction of sp³-hybridized carbons (Fsp3) is 0.632. The third kappa shape index (κ3) is 4.86. The summed E-state index contributed by atoms with van der Waals surface area (Å²) in [6, 6.07) is 8.13. The summed E-state index contributed by atoms with van der Waals surface area (Å²) in [5, 5.41) is 0. The summed E-state index contributed by atoms with van der Waals surface area (Å²) in [5.74, 6) is 0.997. The first kappa shape index (κ1) is 18.0. The molecule has 3 rings (SSSR count). The second-order valence-electron chi connectivity index (χ2n) is 6.61. The molecule has 2 unspecified atom stereocenters. The Labute approximate surface area is 149 Å². The minimum absolute atomic E-state index is 0.0101. The lowest BCUT2D eigenvalue weighted by molar-refractivity contribution is -0.129. The van der Waals surface area contributed by atoms with Crippen molar-refractivity contribution in [2.75, 3.05) is 44.3 Å². The molecule has 1 aromatic carbocycles. The maximum absolute atomic E-state index is 11.4. The number of amides is 1. The molecule has 2 fully saturated rings. The Balaban J connectivity index is 1.44. The smallest absolute Gasteiger partial charge is 0.219 e. The molecular formula is C19H28N2O4. The Kier molecular flexibility index (Phi) is 6.15. The van der Waals surface area contributed by atoms with Crippen LogP contribution in [0.15, 0.2) is 24.3 Å². The van der Waals surface area contributed by atoms with E-state index in [0.717, 1.165) is 44.8 Å². The molecule has 0 saturated carbocycles. The van der Waals surface area contributed by atoms with Crippen LogP contribution in [-0.4, -0.2) is 62.6 Å². The number of rotatable bonds is 6. The minimum Gasteiger partial charge on any atom is -0.491 e. The number of carbonyl (C=O) groups excluding carboxylic acids is 1. The molecule has 0 bridgehead atoms. The molecule has 0 aromatic heterocycles. The van der Waals surface area contributed by atoms with E-state index in [2.05, 4.69) is 24.0 Å². The minimum atomic E-state index is -0.0744. The third-order valence-electron chi connectivity index (χ3n) is 4.70. The van der Waals surface area contributed by atoms with E-state index in [1.54, 1.807) is 6.92 Å². The number of carbonyl (C=O) groups is 1. The SMILES string of the molecule is CCCC1OCC(COc2ccc(N3CCN(C(C)=O)CC3)cc2)O1. The maximum Gasteiger partial charge on any atom is 0.219 e. The topological polar surface area (TPSA) is 51.2 Å². The van der Waals surface area contributed by atoms with E-state index < -0.39 is 0 Å². The molecule has 6 nitrogen and oxygen atoms in total. The monoisotopic (exact) mass is 348 g/mol. The number of piperazine rings is 1. The molecule has 0 spiro atoms. The third-order valence-corrected chi connectivity index (χ3v) is 4.70. The zero-order valence-electron chi connectivity index (χ0n) is 15.1. The van der Waals surface area contributed by atoms with Gasteiger partial charge in [-0.2, -0.15) is 0 Å². The molecule has 0 N–H and O–H groups in total. The van der Waals surface area contributed by atoms with Gasteiger partial charge in [0.15, 0.2) is 6.29 Å².